The minimum Gasteiger partial charge on any atom is -0.548 e. The van der Waals surface area contributed by atoms with Crippen molar-refractivity contribution in [1.82, 2.24) is 9.97 Å². The molecule has 0 radical (unpaired) electrons. The van der Waals surface area contributed by atoms with E-state index in [1.165, 1.54) is 16.8 Å². The molecule has 0 unspecified atom stereocenters. The van der Waals surface area contributed by atoms with Crippen LogP contribution in [0.15, 0.2) is 6.33 Å². The highest BCUT2D eigenvalue weighted by molar-refractivity contribution is 7.19. The Morgan fingerprint density at radius 2 is 2.42 bits per heavy atom. The number of aliphatic carboxylic acids is 1. The average Bonchev–Trinajstić information content (AvgIpc) is 2.73. The number of carbonyl (C=O) groups excluding carboxylic acids is 1. The number of nitrogens with one attached hydrogen (secondary N) is 1. The zero-order valence-electron chi connectivity index (χ0n) is 10.6. The number of hydrogen-bond donors (Lipinski definition) is 1. The minimum absolute atomic E-state index is 0.229. The number of thiophene rings is 1. The van der Waals surface area contributed by atoms with E-state index in [1.54, 1.807) is 11.3 Å². The zero-order valence-corrected chi connectivity index (χ0v) is 11.4. The van der Waals surface area contributed by atoms with Crippen molar-refractivity contribution >= 4 is 33.3 Å². The van der Waals surface area contributed by atoms with Gasteiger partial charge in [0.15, 0.2) is 0 Å². The van der Waals surface area contributed by atoms with Crippen LogP contribution in [0.5, 0.6) is 0 Å². The van der Waals surface area contributed by atoms with Crippen LogP contribution in [-0.2, 0) is 17.6 Å². The Labute approximate surface area is 114 Å². The van der Waals surface area contributed by atoms with Crippen LogP contribution in [-0.4, -0.2) is 22.5 Å². The number of nitrogens with zero attached hydrogens (tertiary/aromatic N) is 2. The van der Waals surface area contributed by atoms with Gasteiger partial charge in [-0.2, -0.15) is 0 Å². The largest absolute Gasteiger partial charge is 0.548 e. The predicted molar refractivity (Wildman–Crippen MR) is 72.1 cm³/mol. The summed E-state index contributed by atoms with van der Waals surface area (Å²) >= 11 is 1.70. The second-order valence-electron chi connectivity index (χ2n) is 4.98. The molecule has 100 valence electrons. The van der Waals surface area contributed by atoms with E-state index < -0.39 is 5.97 Å². The van der Waals surface area contributed by atoms with E-state index in [2.05, 4.69) is 22.2 Å². The Bertz CT molecular complexity index is 638. The number of aromatic nitrogens is 2. The molecule has 2 aromatic heterocycles. The minimum atomic E-state index is -1.13. The van der Waals surface area contributed by atoms with E-state index in [0.717, 1.165) is 29.5 Å². The molecule has 0 fully saturated rings. The molecule has 0 spiro atoms. The fourth-order valence-corrected chi connectivity index (χ4v) is 3.92. The molecule has 2 aromatic rings. The maximum absolute atomic E-state index is 10.6. The molecule has 0 aromatic carbocycles. The van der Waals surface area contributed by atoms with E-state index in [-0.39, 0.29) is 6.54 Å². The highest BCUT2D eigenvalue weighted by Crippen LogP contribution is 2.39. The number of carbonyl (C=O) groups is 1. The molecule has 1 atom stereocenters. The smallest absolute Gasteiger partial charge is 0.138 e. The Hall–Kier alpha value is -1.69. The Balaban J connectivity index is 2.06. The van der Waals surface area contributed by atoms with Crippen LogP contribution < -0.4 is 10.4 Å². The topological polar surface area (TPSA) is 77.9 Å². The number of fused-ring (bicyclic) bond motifs is 3. The van der Waals surface area contributed by atoms with Crippen LogP contribution in [0.3, 0.4) is 0 Å². The van der Waals surface area contributed by atoms with E-state index >= 15 is 0 Å². The van der Waals surface area contributed by atoms with Gasteiger partial charge in [0.25, 0.3) is 0 Å². The fraction of sp³-hybridized carbons (Fsp3) is 0.462. The number of anilines is 1. The molecule has 0 aliphatic heterocycles. The number of carboxylic acid groups (broad SMARTS) is 1. The SMILES string of the molecule is C[C@H]1CCc2c(sc3ncnc(NCC(=O)[O-])c23)C1. The average molecular weight is 276 g/mol. The molecule has 1 aliphatic rings. The molecule has 3 rings (SSSR count). The molecule has 19 heavy (non-hydrogen) atoms. The molecule has 6 heteroatoms. The van der Waals surface area contributed by atoms with Gasteiger partial charge in [-0.05, 0) is 30.7 Å². The molecule has 0 bridgehead atoms. The lowest BCUT2D eigenvalue weighted by atomic mass is 9.89. The Morgan fingerprint density at radius 1 is 1.58 bits per heavy atom. The quantitative estimate of drug-likeness (QED) is 0.904. The van der Waals surface area contributed by atoms with Crippen LogP contribution in [0.2, 0.25) is 0 Å². The summed E-state index contributed by atoms with van der Waals surface area (Å²) < 4.78 is 0. The monoisotopic (exact) mass is 276 g/mol. The number of hydrogen-bond acceptors (Lipinski definition) is 6. The van der Waals surface area contributed by atoms with Crippen molar-refractivity contribution in [2.45, 2.75) is 26.2 Å². The van der Waals surface area contributed by atoms with Crippen molar-refractivity contribution in [3.05, 3.63) is 16.8 Å². The summed E-state index contributed by atoms with van der Waals surface area (Å²) in [5.74, 6) is 0.180. The van der Waals surface area contributed by atoms with Crippen molar-refractivity contribution in [1.29, 1.82) is 0 Å². The van der Waals surface area contributed by atoms with Gasteiger partial charge in [-0.1, -0.05) is 6.92 Å². The van der Waals surface area contributed by atoms with Crippen molar-refractivity contribution in [3.63, 3.8) is 0 Å². The van der Waals surface area contributed by atoms with Gasteiger partial charge in [-0.25, -0.2) is 9.97 Å². The van der Waals surface area contributed by atoms with Gasteiger partial charge in [-0.15, -0.1) is 11.3 Å². The lowest BCUT2D eigenvalue weighted by Gasteiger charge is -2.18. The van der Waals surface area contributed by atoms with Gasteiger partial charge in [-0.3, -0.25) is 0 Å². The first-order valence-corrected chi connectivity index (χ1v) is 7.15. The molecule has 0 saturated heterocycles. The van der Waals surface area contributed by atoms with Gasteiger partial charge in [0.2, 0.25) is 0 Å². The summed E-state index contributed by atoms with van der Waals surface area (Å²) in [5.41, 5.74) is 1.29. The normalized spacial score (nSPS) is 18.3. The van der Waals surface area contributed by atoms with Crippen molar-refractivity contribution in [2.75, 3.05) is 11.9 Å². The second kappa shape index (κ2) is 4.77. The molecule has 1 N–H and O–H groups in total. The summed E-state index contributed by atoms with van der Waals surface area (Å²) in [6.45, 7) is 2.03. The lowest BCUT2D eigenvalue weighted by molar-refractivity contribution is -0.302. The lowest BCUT2D eigenvalue weighted by Crippen LogP contribution is -2.30. The first kappa shape index (κ1) is 12.3. The van der Waals surface area contributed by atoms with E-state index in [1.807, 2.05) is 0 Å². The third-order valence-corrected chi connectivity index (χ3v) is 4.65. The second-order valence-corrected chi connectivity index (χ2v) is 6.06. The zero-order chi connectivity index (χ0) is 13.4. The van der Waals surface area contributed by atoms with Crippen LogP contribution in [0.4, 0.5) is 5.82 Å². The van der Waals surface area contributed by atoms with Crippen LogP contribution >= 0.6 is 11.3 Å². The van der Waals surface area contributed by atoms with E-state index in [9.17, 15) is 9.90 Å². The summed E-state index contributed by atoms with van der Waals surface area (Å²) in [4.78, 5) is 21.3. The van der Waals surface area contributed by atoms with Gasteiger partial charge in [0.05, 0.1) is 17.9 Å². The molecule has 0 amide bonds. The summed E-state index contributed by atoms with van der Waals surface area (Å²) in [6, 6.07) is 0. The van der Waals surface area contributed by atoms with Crippen LogP contribution in [0, 0.1) is 5.92 Å². The fourth-order valence-electron chi connectivity index (χ4n) is 2.57. The Morgan fingerprint density at radius 3 is 3.21 bits per heavy atom. The van der Waals surface area contributed by atoms with Crippen LogP contribution in [0.1, 0.15) is 23.8 Å². The first-order valence-electron chi connectivity index (χ1n) is 6.34. The van der Waals surface area contributed by atoms with Gasteiger partial charge >= 0.3 is 0 Å². The first-order chi connectivity index (χ1) is 9.15. The third kappa shape index (κ3) is 2.28. The predicted octanol–water partition coefficient (Wildman–Crippen LogP) is 0.978. The standard InChI is InChI=1S/C13H15N3O2S/c1-7-2-3-8-9(4-7)19-13-11(8)12(15-6-16-13)14-5-10(17)18/h6-7H,2-5H2,1H3,(H,17,18)(H,14,15,16)/p-1/t7-/m0/s1. The van der Waals surface area contributed by atoms with Crippen LogP contribution in [0.25, 0.3) is 10.2 Å². The summed E-state index contributed by atoms with van der Waals surface area (Å²) in [6.07, 6.45) is 4.74. The van der Waals surface area contributed by atoms with E-state index in [4.69, 9.17) is 0 Å². The van der Waals surface area contributed by atoms with Crippen molar-refractivity contribution < 1.29 is 9.90 Å². The van der Waals surface area contributed by atoms with Gasteiger partial charge < -0.3 is 15.2 Å². The molecular formula is C13H14N3O2S-. The Kier molecular flexibility index (Phi) is 3.10. The maximum atomic E-state index is 10.6. The molecule has 2 heterocycles. The molecule has 1 aliphatic carbocycles. The molecule has 5 nitrogen and oxygen atoms in total. The van der Waals surface area contributed by atoms with Gasteiger partial charge in [0.1, 0.15) is 17.0 Å². The number of aryl methyl sites for hydroxylation is 1. The maximum Gasteiger partial charge on any atom is 0.138 e. The molecule has 0 saturated carbocycles. The van der Waals surface area contributed by atoms with Crippen molar-refractivity contribution in [2.24, 2.45) is 5.92 Å². The highest BCUT2D eigenvalue weighted by atomic mass is 32.1. The van der Waals surface area contributed by atoms with E-state index in [0.29, 0.717) is 11.7 Å². The highest BCUT2D eigenvalue weighted by Gasteiger charge is 2.22. The summed E-state index contributed by atoms with van der Waals surface area (Å²) in [7, 11) is 0. The number of carboxylic acids is 1. The third-order valence-electron chi connectivity index (χ3n) is 3.49. The summed E-state index contributed by atoms with van der Waals surface area (Å²) in [5, 5.41) is 14.4. The number of rotatable bonds is 3. The van der Waals surface area contributed by atoms with Crippen molar-refractivity contribution in [3.8, 4) is 0 Å². The molecular weight excluding hydrogens is 262 g/mol. The van der Waals surface area contributed by atoms with Gasteiger partial charge in [0, 0.05) is 4.88 Å².